The Kier molecular flexibility index (Phi) is 6.71. The van der Waals surface area contributed by atoms with Crippen LogP contribution in [-0.4, -0.2) is 40.0 Å². The number of hydrogen-bond donors (Lipinski definition) is 3. The van der Waals surface area contributed by atoms with Crippen LogP contribution in [0.25, 0.3) is 0 Å². The average molecular weight is 311 g/mol. The van der Waals surface area contributed by atoms with Crippen LogP contribution in [0.4, 0.5) is 0 Å². The second kappa shape index (κ2) is 8.05. The van der Waals surface area contributed by atoms with Gasteiger partial charge in [-0.25, -0.2) is 0 Å². The van der Waals surface area contributed by atoms with E-state index in [1.54, 1.807) is 11.8 Å². The Morgan fingerprint density at radius 2 is 1.90 bits per heavy atom. The molecule has 1 atom stereocenters. The maximum Gasteiger partial charge on any atom is 0.306 e. The third kappa shape index (κ3) is 7.72. The van der Waals surface area contributed by atoms with Crippen molar-refractivity contribution >= 4 is 23.6 Å². The third-order valence-electron chi connectivity index (χ3n) is 2.82. The number of carboxylic acid groups (broad SMARTS) is 1. The average Bonchev–Trinajstić information content (AvgIpc) is 2.37. The molecule has 21 heavy (non-hydrogen) atoms. The van der Waals surface area contributed by atoms with Gasteiger partial charge in [0.15, 0.2) is 0 Å². The number of amides is 1. The lowest BCUT2D eigenvalue weighted by Gasteiger charge is -2.21. The minimum absolute atomic E-state index is 0.0622. The van der Waals surface area contributed by atoms with Crippen molar-refractivity contribution in [2.24, 2.45) is 0 Å². The van der Waals surface area contributed by atoms with Gasteiger partial charge in [0.2, 0.25) is 5.91 Å². The topological polar surface area (TPSA) is 86.6 Å². The van der Waals surface area contributed by atoms with Crippen molar-refractivity contribution in [2.75, 3.05) is 12.3 Å². The molecule has 6 heteroatoms. The quantitative estimate of drug-likeness (QED) is 0.638. The first-order valence-corrected chi connectivity index (χ1v) is 7.67. The van der Waals surface area contributed by atoms with E-state index in [1.807, 2.05) is 31.2 Å². The summed E-state index contributed by atoms with van der Waals surface area (Å²) in [4.78, 5) is 23.3. The first-order chi connectivity index (χ1) is 9.78. The van der Waals surface area contributed by atoms with Crippen LogP contribution in [0.15, 0.2) is 29.2 Å². The third-order valence-corrected chi connectivity index (χ3v) is 3.83. The predicted molar refractivity (Wildman–Crippen MR) is 82.4 cm³/mol. The van der Waals surface area contributed by atoms with Crippen LogP contribution in [0, 0.1) is 6.92 Å². The molecule has 5 nitrogen and oxygen atoms in total. The molecule has 1 aromatic rings. The largest absolute Gasteiger partial charge is 0.481 e. The molecule has 0 aliphatic heterocycles. The van der Waals surface area contributed by atoms with Crippen molar-refractivity contribution in [3.05, 3.63) is 29.8 Å². The summed E-state index contributed by atoms with van der Waals surface area (Å²) in [6.07, 6.45) is -0.0763. The Morgan fingerprint density at radius 1 is 1.29 bits per heavy atom. The molecule has 1 rings (SSSR count). The highest BCUT2D eigenvalue weighted by Gasteiger charge is 2.24. The highest BCUT2D eigenvalue weighted by molar-refractivity contribution is 7.99. The van der Waals surface area contributed by atoms with Crippen LogP contribution in [0.1, 0.15) is 25.3 Å². The Bertz CT molecular complexity index is 485. The highest BCUT2D eigenvalue weighted by Crippen LogP contribution is 2.19. The van der Waals surface area contributed by atoms with E-state index >= 15 is 0 Å². The Balaban J connectivity index is 2.25. The van der Waals surface area contributed by atoms with Gasteiger partial charge in [-0.1, -0.05) is 17.7 Å². The van der Waals surface area contributed by atoms with Crippen molar-refractivity contribution < 1.29 is 19.8 Å². The number of rotatable bonds is 8. The second-order valence-corrected chi connectivity index (χ2v) is 6.42. The molecule has 0 bridgehead atoms. The molecule has 0 saturated heterocycles. The zero-order chi connectivity index (χ0) is 15.9. The number of carbonyl (C=O) groups excluding carboxylic acids is 1. The molecule has 0 heterocycles. The van der Waals surface area contributed by atoms with E-state index in [4.69, 9.17) is 5.11 Å². The second-order valence-electron chi connectivity index (χ2n) is 5.26. The molecule has 0 aromatic heterocycles. The van der Waals surface area contributed by atoms with E-state index in [2.05, 4.69) is 5.32 Å². The number of carbonyl (C=O) groups is 2. The van der Waals surface area contributed by atoms with E-state index in [-0.39, 0.29) is 12.5 Å². The Labute approximate surface area is 128 Å². The minimum atomic E-state index is -1.43. The van der Waals surface area contributed by atoms with Gasteiger partial charge in [-0.15, -0.1) is 11.8 Å². The summed E-state index contributed by atoms with van der Waals surface area (Å²) in [5.74, 6) is -0.653. The summed E-state index contributed by atoms with van der Waals surface area (Å²) in [6.45, 7) is 3.35. The van der Waals surface area contributed by atoms with Crippen LogP contribution < -0.4 is 5.32 Å². The van der Waals surface area contributed by atoms with Gasteiger partial charge >= 0.3 is 5.97 Å². The van der Waals surface area contributed by atoms with Gasteiger partial charge < -0.3 is 15.5 Å². The number of carboxylic acids is 1. The molecule has 116 valence electrons. The van der Waals surface area contributed by atoms with Crippen LogP contribution in [-0.2, 0) is 9.59 Å². The molecular formula is C15H21NO4S. The first kappa shape index (κ1) is 17.5. The fourth-order valence-corrected chi connectivity index (χ4v) is 2.51. The molecule has 0 radical (unpaired) electrons. The van der Waals surface area contributed by atoms with E-state index in [0.717, 1.165) is 4.90 Å². The molecule has 0 aliphatic carbocycles. The number of aryl methyl sites for hydroxylation is 1. The minimum Gasteiger partial charge on any atom is -0.481 e. The van der Waals surface area contributed by atoms with Crippen molar-refractivity contribution in [3.8, 4) is 0 Å². The van der Waals surface area contributed by atoms with Crippen LogP contribution >= 0.6 is 11.8 Å². The summed E-state index contributed by atoms with van der Waals surface area (Å²) in [5.41, 5.74) is -0.233. The Hall–Kier alpha value is -1.53. The summed E-state index contributed by atoms with van der Waals surface area (Å²) in [5, 5.41) is 20.9. The van der Waals surface area contributed by atoms with Crippen LogP contribution in [0.3, 0.4) is 0 Å². The van der Waals surface area contributed by atoms with Crippen LogP contribution in [0.2, 0.25) is 0 Å². The zero-order valence-corrected chi connectivity index (χ0v) is 13.1. The number of aliphatic hydroxyl groups is 1. The number of hydrogen-bond acceptors (Lipinski definition) is 4. The molecule has 1 aromatic carbocycles. The maximum absolute atomic E-state index is 11.6. The summed E-state index contributed by atoms with van der Waals surface area (Å²) in [6, 6.07) is 8.06. The standard InChI is InChI=1S/C15H21NO4S/c1-11-3-5-12(6-4-11)21-8-7-13(17)16-10-15(2,20)9-14(18)19/h3-6,20H,7-10H2,1-2H3,(H,16,17)(H,18,19). The lowest BCUT2D eigenvalue weighted by molar-refractivity contribution is -0.142. The summed E-state index contributed by atoms with van der Waals surface area (Å²) >= 11 is 1.58. The van der Waals surface area contributed by atoms with Gasteiger partial charge in [0.25, 0.3) is 0 Å². The van der Waals surface area contributed by atoms with Crippen molar-refractivity contribution in [1.82, 2.24) is 5.32 Å². The SMILES string of the molecule is Cc1ccc(SCCC(=O)NCC(C)(O)CC(=O)O)cc1. The van der Waals surface area contributed by atoms with E-state index in [0.29, 0.717) is 12.2 Å². The number of nitrogens with one attached hydrogen (secondary N) is 1. The lowest BCUT2D eigenvalue weighted by atomic mass is 10.0. The monoisotopic (exact) mass is 311 g/mol. The molecule has 1 unspecified atom stereocenters. The van der Waals surface area contributed by atoms with Gasteiger partial charge in [-0.3, -0.25) is 9.59 Å². The number of benzene rings is 1. The summed E-state index contributed by atoms with van der Waals surface area (Å²) < 4.78 is 0. The molecule has 0 fully saturated rings. The normalized spacial score (nSPS) is 13.5. The molecule has 1 amide bonds. The predicted octanol–water partition coefficient (Wildman–Crippen LogP) is 1.82. The highest BCUT2D eigenvalue weighted by atomic mass is 32.2. The maximum atomic E-state index is 11.6. The van der Waals surface area contributed by atoms with Crippen LogP contribution in [0.5, 0.6) is 0 Å². The van der Waals surface area contributed by atoms with E-state index < -0.39 is 18.0 Å². The number of thioether (sulfide) groups is 1. The van der Waals surface area contributed by atoms with E-state index in [9.17, 15) is 14.7 Å². The van der Waals surface area contributed by atoms with Crippen molar-refractivity contribution in [1.29, 1.82) is 0 Å². The summed E-state index contributed by atoms with van der Waals surface area (Å²) in [7, 11) is 0. The molecular weight excluding hydrogens is 290 g/mol. The lowest BCUT2D eigenvalue weighted by Crippen LogP contribution is -2.42. The fourth-order valence-electron chi connectivity index (χ4n) is 1.66. The zero-order valence-electron chi connectivity index (χ0n) is 12.3. The van der Waals surface area contributed by atoms with Gasteiger partial charge in [-0.05, 0) is 26.0 Å². The van der Waals surface area contributed by atoms with Crippen molar-refractivity contribution in [2.45, 2.75) is 37.2 Å². The smallest absolute Gasteiger partial charge is 0.306 e. The number of aliphatic carboxylic acids is 1. The molecule has 3 N–H and O–H groups in total. The fraction of sp³-hybridized carbons (Fsp3) is 0.467. The van der Waals surface area contributed by atoms with Gasteiger partial charge in [0, 0.05) is 23.6 Å². The molecule has 0 aliphatic rings. The molecule has 0 saturated carbocycles. The van der Waals surface area contributed by atoms with Gasteiger partial charge in [-0.2, -0.15) is 0 Å². The Morgan fingerprint density at radius 3 is 2.48 bits per heavy atom. The van der Waals surface area contributed by atoms with Crippen molar-refractivity contribution in [3.63, 3.8) is 0 Å². The first-order valence-electron chi connectivity index (χ1n) is 6.69. The van der Waals surface area contributed by atoms with Gasteiger partial charge in [0.1, 0.15) is 0 Å². The van der Waals surface area contributed by atoms with E-state index in [1.165, 1.54) is 12.5 Å². The van der Waals surface area contributed by atoms with Gasteiger partial charge in [0.05, 0.1) is 12.0 Å². The molecule has 0 spiro atoms.